The molecule has 98 valence electrons. The maximum atomic E-state index is 5.72. The Morgan fingerprint density at radius 3 is 2.39 bits per heavy atom. The van der Waals surface area contributed by atoms with Crippen molar-refractivity contribution in [3.8, 4) is 0 Å². The van der Waals surface area contributed by atoms with E-state index in [1.165, 1.54) is 36.8 Å². The molecule has 0 unspecified atom stereocenters. The van der Waals surface area contributed by atoms with Gasteiger partial charge in [0.2, 0.25) is 0 Å². The summed E-state index contributed by atoms with van der Waals surface area (Å²) in [5.74, 6) is 1.62. The molecule has 0 aromatic heterocycles. The summed E-state index contributed by atoms with van der Waals surface area (Å²) in [6.45, 7) is 4.06. The Balaban J connectivity index is 1.50. The predicted molar refractivity (Wildman–Crippen MR) is 73.7 cm³/mol. The number of benzene rings is 1. The van der Waals surface area contributed by atoms with Crippen molar-refractivity contribution in [3.63, 3.8) is 0 Å². The van der Waals surface area contributed by atoms with Crippen molar-refractivity contribution >= 4 is 0 Å². The summed E-state index contributed by atoms with van der Waals surface area (Å²) < 4.78 is 5.72. The molecule has 3 rings (SSSR count). The average molecular weight is 245 g/mol. The number of rotatable bonds is 5. The number of hydrogen-bond donors (Lipinski definition) is 1. The van der Waals surface area contributed by atoms with E-state index in [1.54, 1.807) is 0 Å². The first kappa shape index (κ1) is 12.2. The van der Waals surface area contributed by atoms with Gasteiger partial charge in [0.25, 0.3) is 0 Å². The van der Waals surface area contributed by atoms with Gasteiger partial charge >= 0.3 is 0 Å². The van der Waals surface area contributed by atoms with E-state index in [1.807, 2.05) is 0 Å². The molecule has 0 spiro atoms. The van der Waals surface area contributed by atoms with Crippen LogP contribution < -0.4 is 5.32 Å². The third kappa shape index (κ3) is 3.33. The Kier molecular flexibility index (Phi) is 3.96. The van der Waals surface area contributed by atoms with Crippen LogP contribution in [0, 0.1) is 5.92 Å². The lowest BCUT2D eigenvalue weighted by Crippen LogP contribution is -2.26. The van der Waals surface area contributed by atoms with Gasteiger partial charge in [0.05, 0.1) is 6.61 Å². The fraction of sp³-hybridized carbons (Fsp3) is 0.625. The van der Waals surface area contributed by atoms with E-state index in [0.29, 0.717) is 0 Å². The molecule has 2 nitrogen and oxygen atoms in total. The van der Waals surface area contributed by atoms with Crippen LogP contribution in [-0.4, -0.2) is 19.7 Å². The molecule has 1 aliphatic heterocycles. The summed E-state index contributed by atoms with van der Waals surface area (Å²) in [6.07, 6.45) is 5.29. The summed E-state index contributed by atoms with van der Waals surface area (Å²) in [5.41, 5.74) is 2.82. The van der Waals surface area contributed by atoms with Gasteiger partial charge in [-0.05, 0) is 61.7 Å². The van der Waals surface area contributed by atoms with Crippen molar-refractivity contribution < 1.29 is 4.74 Å². The quantitative estimate of drug-likeness (QED) is 0.860. The molecular formula is C16H23NO. The smallest absolute Gasteiger partial charge is 0.0717 e. The predicted octanol–water partition coefficient (Wildman–Crippen LogP) is 3.08. The van der Waals surface area contributed by atoms with E-state index < -0.39 is 0 Å². The van der Waals surface area contributed by atoms with Gasteiger partial charge in [-0.1, -0.05) is 24.3 Å². The maximum absolute atomic E-state index is 5.72. The highest BCUT2D eigenvalue weighted by atomic mass is 16.5. The molecule has 0 radical (unpaired) electrons. The number of ether oxygens (including phenoxy) is 1. The minimum Gasteiger partial charge on any atom is -0.376 e. The SMILES string of the molecule is c1cc(C2CCNCC2)ccc1COCC1CC1. The van der Waals surface area contributed by atoms with Gasteiger partial charge in [-0.2, -0.15) is 0 Å². The third-order valence-electron chi connectivity index (χ3n) is 4.11. The Morgan fingerprint density at radius 2 is 1.72 bits per heavy atom. The zero-order valence-corrected chi connectivity index (χ0v) is 11.0. The second-order valence-electron chi connectivity index (χ2n) is 5.72. The van der Waals surface area contributed by atoms with Crippen molar-refractivity contribution in [1.82, 2.24) is 5.32 Å². The van der Waals surface area contributed by atoms with Crippen LogP contribution in [-0.2, 0) is 11.3 Å². The molecule has 1 aromatic carbocycles. The number of nitrogens with one attached hydrogen (secondary N) is 1. The largest absolute Gasteiger partial charge is 0.376 e. The molecule has 1 aromatic rings. The molecule has 1 heterocycles. The van der Waals surface area contributed by atoms with Crippen LogP contribution in [0.3, 0.4) is 0 Å². The zero-order chi connectivity index (χ0) is 12.2. The molecule has 0 amide bonds. The van der Waals surface area contributed by atoms with Crippen LogP contribution >= 0.6 is 0 Å². The minimum absolute atomic E-state index is 0.757. The molecule has 1 saturated carbocycles. The highest BCUT2D eigenvalue weighted by Gasteiger charge is 2.21. The monoisotopic (exact) mass is 245 g/mol. The van der Waals surface area contributed by atoms with Gasteiger partial charge < -0.3 is 10.1 Å². The van der Waals surface area contributed by atoms with Crippen molar-refractivity contribution in [1.29, 1.82) is 0 Å². The minimum atomic E-state index is 0.757. The van der Waals surface area contributed by atoms with E-state index in [4.69, 9.17) is 4.74 Å². The van der Waals surface area contributed by atoms with E-state index in [2.05, 4.69) is 29.6 Å². The van der Waals surface area contributed by atoms with E-state index >= 15 is 0 Å². The fourth-order valence-electron chi connectivity index (χ4n) is 2.67. The van der Waals surface area contributed by atoms with Crippen LogP contribution in [0.2, 0.25) is 0 Å². The highest BCUT2D eigenvalue weighted by molar-refractivity contribution is 5.25. The molecule has 0 atom stereocenters. The molecule has 2 aliphatic rings. The summed E-state index contributed by atoms with van der Waals surface area (Å²) >= 11 is 0. The van der Waals surface area contributed by atoms with Gasteiger partial charge in [-0.15, -0.1) is 0 Å². The zero-order valence-electron chi connectivity index (χ0n) is 11.0. The lowest BCUT2D eigenvalue weighted by molar-refractivity contribution is 0.111. The number of hydrogen-bond acceptors (Lipinski definition) is 2. The first-order valence-corrected chi connectivity index (χ1v) is 7.29. The van der Waals surface area contributed by atoms with Gasteiger partial charge in [0, 0.05) is 6.61 Å². The van der Waals surface area contributed by atoms with Crippen molar-refractivity contribution in [2.24, 2.45) is 5.92 Å². The second-order valence-corrected chi connectivity index (χ2v) is 5.72. The summed E-state index contributed by atoms with van der Waals surface area (Å²) in [7, 11) is 0. The van der Waals surface area contributed by atoms with E-state index in [-0.39, 0.29) is 0 Å². The Labute approximate surface area is 110 Å². The summed E-state index contributed by atoms with van der Waals surface area (Å²) in [5, 5.41) is 3.42. The average Bonchev–Trinajstić information content (AvgIpc) is 3.25. The lowest BCUT2D eigenvalue weighted by Gasteiger charge is -2.23. The van der Waals surface area contributed by atoms with Crippen LogP contribution in [0.25, 0.3) is 0 Å². The highest BCUT2D eigenvalue weighted by Crippen LogP contribution is 2.29. The second kappa shape index (κ2) is 5.85. The molecule has 2 heteroatoms. The van der Waals surface area contributed by atoms with Gasteiger partial charge in [-0.25, -0.2) is 0 Å². The standard InChI is InChI=1S/C16H23NO/c1-2-13(1)11-18-12-14-3-5-15(6-4-14)16-7-9-17-10-8-16/h3-6,13,16-17H,1-2,7-12H2. The molecule has 1 aliphatic carbocycles. The van der Waals surface area contributed by atoms with Crippen LogP contribution in [0.4, 0.5) is 0 Å². The van der Waals surface area contributed by atoms with Crippen molar-refractivity contribution in [2.75, 3.05) is 19.7 Å². The summed E-state index contributed by atoms with van der Waals surface area (Å²) in [6, 6.07) is 9.08. The molecule has 18 heavy (non-hydrogen) atoms. The Morgan fingerprint density at radius 1 is 1.00 bits per heavy atom. The first-order valence-electron chi connectivity index (χ1n) is 7.29. The van der Waals surface area contributed by atoms with Crippen LogP contribution in [0.5, 0.6) is 0 Å². The lowest BCUT2D eigenvalue weighted by atomic mass is 9.90. The Hall–Kier alpha value is -0.860. The molecular weight excluding hydrogens is 222 g/mol. The van der Waals surface area contributed by atoms with Crippen LogP contribution in [0.15, 0.2) is 24.3 Å². The Bertz CT molecular complexity index is 363. The van der Waals surface area contributed by atoms with Gasteiger partial charge in [0.15, 0.2) is 0 Å². The summed E-state index contributed by atoms with van der Waals surface area (Å²) in [4.78, 5) is 0. The molecule has 1 saturated heterocycles. The third-order valence-corrected chi connectivity index (χ3v) is 4.11. The molecule has 0 bridgehead atoms. The number of piperidine rings is 1. The van der Waals surface area contributed by atoms with Gasteiger partial charge in [-0.3, -0.25) is 0 Å². The molecule has 1 N–H and O–H groups in total. The van der Waals surface area contributed by atoms with E-state index in [0.717, 1.165) is 38.1 Å². The van der Waals surface area contributed by atoms with Crippen molar-refractivity contribution in [3.05, 3.63) is 35.4 Å². The normalized spacial score (nSPS) is 21.1. The fourth-order valence-corrected chi connectivity index (χ4v) is 2.67. The first-order chi connectivity index (χ1) is 8.92. The van der Waals surface area contributed by atoms with Gasteiger partial charge in [0.1, 0.15) is 0 Å². The van der Waals surface area contributed by atoms with E-state index in [9.17, 15) is 0 Å². The van der Waals surface area contributed by atoms with Crippen LogP contribution in [0.1, 0.15) is 42.7 Å². The maximum Gasteiger partial charge on any atom is 0.0717 e. The topological polar surface area (TPSA) is 21.3 Å². The molecule has 2 fully saturated rings. The van der Waals surface area contributed by atoms with Crippen molar-refractivity contribution in [2.45, 2.75) is 38.2 Å².